The third-order valence-electron chi connectivity index (χ3n) is 5.12. The first kappa shape index (κ1) is 21.2. The summed E-state index contributed by atoms with van der Waals surface area (Å²) in [6, 6.07) is 0. The van der Waals surface area contributed by atoms with E-state index in [0.29, 0.717) is 5.70 Å². The number of thioether (sulfide) groups is 1. The lowest BCUT2D eigenvalue weighted by atomic mass is 9.97. The summed E-state index contributed by atoms with van der Waals surface area (Å²) in [6.45, 7) is 11.1. The Labute approximate surface area is 173 Å². The zero-order valence-corrected chi connectivity index (χ0v) is 19.8. The standard InChI is InChI=1S/C17H29N2O3SSi.HI/c1-12-15(20)18-14(17(21)22-24(3,4)5)13(11-23-16(12)18)10-19(2)8-6-7-9-19;/h12,16H,6-11H2,1-5H3;1H/q+1;/p-1. The van der Waals surface area contributed by atoms with Crippen molar-refractivity contribution < 1.29 is 42.5 Å². The normalized spacial score (nSPS) is 28.2. The zero-order chi connectivity index (χ0) is 17.7. The largest absolute Gasteiger partial charge is 1.00 e. The van der Waals surface area contributed by atoms with Crippen molar-refractivity contribution in [2.75, 3.05) is 32.4 Å². The van der Waals surface area contributed by atoms with Gasteiger partial charge >= 0.3 is 5.97 Å². The molecule has 0 saturated carbocycles. The molecule has 0 aromatic rings. The summed E-state index contributed by atoms with van der Waals surface area (Å²) in [5.41, 5.74) is 1.67. The predicted molar refractivity (Wildman–Crippen MR) is 98.7 cm³/mol. The molecule has 8 heteroatoms. The number of carbonyl (C=O) groups is 2. The number of quaternary nitrogens is 1. The highest BCUT2D eigenvalue weighted by atomic mass is 127. The van der Waals surface area contributed by atoms with Gasteiger partial charge in [0.25, 0.3) is 0 Å². The molecular weight excluding hydrogens is 467 g/mol. The molecule has 3 aliphatic heterocycles. The van der Waals surface area contributed by atoms with Gasteiger partial charge < -0.3 is 32.9 Å². The minimum atomic E-state index is -2.00. The molecule has 3 heterocycles. The van der Waals surface area contributed by atoms with Crippen molar-refractivity contribution in [2.45, 2.75) is 44.8 Å². The summed E-state index contributed by atoms with van der Waals surface area (Å²) >= 11 is 1.79. The van der Waals surface area contributed by atoms with Gasteiger partial charge in [-0.15, -0.1) is 11.8 Å². The Kier molecular flexibility index (Phi) is 6.38. The Balaban J connectivity index is 0.00000225. The summed E-state index contributed by atoms with van der Waals surface area (Å²) < 4.78 is 6.75. The number of likely N-dealkylation sites (N-methyl/N-ethyl adjacent to an activating group) is 1. The molecule has 2 fully saturated rings. The maximum atomic E-state index is 12.9. The Morgan fingerprint density at radius 2 is 1.92 bits per heavy atom. The Morgan fingerprint density at radius 1 is 1.32 bits per heavy atom. The molecule has 3 rings (SSSR count). The van der Waals surface area contributed by atoms with Gasteiger partial charge in [-0.2, -0.15) is 0 Å². The van der Waals surface area contributed by atoms with E-state index in [4.69, 9.17) is 4.43 Å². The Bertz CT molecular complexity index is 599. The molecule has 2 unspecified atom stereocenters. The van der Waals surface area contributed by atoms with Crippen molar-refractivity contribution >= 4 is 32.0 Å². The van der Waals surface area contributed by atoms with Crippen LogP contribution in [0, 0.1) is 5.92 Å². The number of likely N-dealkylation sites (tertiary alicyclic amines) is 1. The summed E-state index contributed by atoms with van der Waals surface area (Å²) in [5.74, 6) is 0.627. The lowest BCUT2D eigenvalue weighted by Gasteiger charge is -2.49. The van der Waals surface area contributed by atoms with E-state index in [1.54, 1.807) is 16.7 Å². The Morgan fingerprint density at radius 3 is 2.48 bits per heavy atom. The van der Waals surface area contributed by atoms with Crippen LogP contribution < -0.4 is 24.0 Å². The average molecular weight is 496 g/mol. The van der Waals surface area contributed by atoms with Gasteiger partial charge in [0, 0.05) is 24.2 Å². The van der Waals surface area contributed by atoms with Gasteiger partial charge in [-0.1, -0.05) is 6.92 Å². The van der Waals surface area contributed by atoms with Crippen LogP contribution in [0.1, 0.15) is 19.8 Å². The van der Waals surface area contributed by atoms with Gasteiger partial charge in [0.1, 0.15) is 12.2 Å². The second-order valence-corrected chi connectivity index (χ2v) is 14.1. The second kappa shape index (κ2) is 7.51. The SMILES string of the molecule is CC1C(=O)N2C(C(=O)O[Si](C)(C)C)=C(C[N+]3(C)CCCC3)CSC12.[I-]. The van der Waals surface area contributed by atoms with Gasteiger partial charge in [0.05, 0.1) is 31.4 Å². The second-order valence-electron chi connectivity index (χ2n) is 8.58. The zero-order valence-electron chi connectivity index (χ0n) is 15.8. The summed E-state index contributed by atoms with van der Waals surface area (Å²) in [6.07, 6.45) is 2.49. The van der Waals surface area contributed by atoms with Crippen molar-refractivity contribution in [3.05, 3.63) is 11.3 Å². The quantitative estimate of drug-likeness (QED) is 0.226. The first-order valence-electron chi connectivity index (χ1n) is 8.85. The molecule has 2 saturated heterocycles. The monoisotopic (exact) mass is 496 g/mol. The highest BCUT2D eigenvalue weighted by Crippen LogP contribution is 2.44. The Hall–Kier alpha value is -0.0631. The fourth-order valence-corrected chi connectivity index (χ4v) is 5.91. The average Bonchev–Trinajstić information content (AvgIpc) is 2.90. The molecule has 25 heavy (non-hydrogen) atoms. The molecule has 1 amide bonds. The number of hydrogen-bond acceptors (Lipinski definition) is 4. The van der Waals surface area contributed by atoms with Crippen molar-refractivity contribution in [2.24, 2.45) is 5.92 Å². The smallest absolute Gasteiger partial charge is 0.341 e. The fraction of sp³-hybridized carbons (Fsp3) is 0.765. The topological polar surface area (TPSA) is 46.6 Å². The molecule has 0 radical (unpaired) electrons. The number of rotatable bonds is 4. The number of nitrogens with zero attached hydrogens (tertiary/aromatic N) is 2. The molecule has 0 N–H and O–H groups in total. The van der Waals surface area contributed by atoms with Gasteiger partial charge in [-0.3, -0.25) is 9.69 Å². The molecule has 142 valence electrons. The molecule has 3 aliphatic rings. The molecular formula is C17H29IN2O3SSi. The molecule has 0 bridgehead atoms. The number of amides is 1. The van der Waals surface area contributed by atoms with E-state index < -0.39 is 8.32 Å². The van der Waals surface area contributed by atoms with Crippen LogP contribution in [0.4, 0.5) is 0 Å². The van der Waals surface area contributed by atoms with E-state index in [1.807, 2.05) is 26.6 Å². The van der Waals surface area contributed by atoms with E-state index in [0.717, 1.165) is 35.4 Å². The number of carbonyl (C=O) groups excluding carboxylic acids is 2. The van der Waals surface area contributed by atoms with Crippen molar-refractivity contribution in [1.29, 1.82) is 0 Å². The predicted octanol–water partition coefficient (Wildman–Crippen LogP) is -0.586. The first-order chi connectivity index (χ1) is 11.1. The third kappa shape index (κ3) is 4.27. The highest BCUT2D eigenvalue weighted by Gasteiger charge is 2.52. The molecule has 0 spiro atoms. The van der Waals surface area contributed by atoms with E-state index in [9.17, 15) is 9.59 Å². The van der Waals surface area contributed by atoms with E-state index in [-0.39, 0.29) is 47.1 Å². The lowest BCUT2D eigenvalue weighted by Crippen LogP contribution is -3.00. The van der Waals surface area contributed by atoms with Gasteiger partial charge in [0.2, 0.25) is 14.2 Å². The number of hydrogen-bond donors (Lipinski definition) is 0. The van der Waals surface area contributed by atoms with Gasteiger partial charge in [-0.05, 0) is 19.6 Å². The van der Waals surface area contributed by atoms with Crippen molar-refractivity contribution in [3.63, 3.8) is 0 Å². The lowest BCUT2D eigenvalue weighted by molar-refractivity contribution is -0.893. The van der Waals surface area contributed by atoms with Crippen LogP contribution in [0.2, 0.25) is 19.6 Å². The highest BCUT2D eigenvalue weighted by molar-refractivity contribution is 8.00. The van der Waals surface area contributed by atoms with Crippen LogP contribution >= 0.6 is 11.8 Å². The molecule has 0 aromatic heterocycles. The summed E-state index contributed by atoms with van der Waals surface area (Å²) in [7, 11) is 0.266. The van der Waals surface area contributed by atoms with Crippen LogP contribution in [0.5, 0.6) is 0 Å². The van der Waals surface area contributed by atoms with E-state index in [1.165, 1.54) is 12.8 Å². The van der Waals surface area contributed by atoms with Gasteiger partial charge in [-0.25, -0.2) is 4.79 Å². The summed E-state index contributed by atoms with van der Waals surface area (Å²) in [4.78, 5) is 27.0. The number of fused-ring (bicyclic) bond motifs is 1. The van der Waals surface area contributed by atoms with Crippen molar-refractivity contribution in [3.8, 4) is 0 Å². The van der Waals surface area contributed by atoms with E-state index in [2.05, 4.69) is 7.05 Å². The molecule has 0 aliphatic carbocycles. The maximum absolute atomic E-state index is 12.9. The minimum absolute atomic E-state index is 0. The van der Waals surface area contributed by atoms with Crippen LogP contribution in [0.15, 0.2) is 11.3 Å². The van der Waals surface area contributed by atoms with Crippen LogP contribution in [0.3, 0.4) is 0 Å². The summed E-state index contributed by atoms with van der Waals surface area (Å²) in [5, 5.41) is 0.106. The molecule has 5 nitrogen and oxygen atoms in total. The van der Waals surface area contributed by atoms with Gasteiger partial charge in [0.15, 0.2) is 0 Å². The van der Waals surface area contributed by atoms with Crippen LogP contribution in [-0.2, 0) is 14.0 Å². The van der Waals surface area contributed by atoms with Crippen LogP contribution in [-0.4, -0.2) is 67.4 Å². The first-order valence-corrected chi connectivity index (χ1v) is 13.3. The minimum Gasteiger partial charge on any atom is -1.00 e. The number of β-lactam (4-membered cyclic amide) rings is 1. The van der Waals surface area contributed by atoms with E-state index >= 15 is 0 Å². The van der Waals surface area contributed by atoms with Crippen molar-refractivity contribution in [1.82, 2.24) is 4.90 Å². The number of halogens is 1. The third-order valence-corrected chi connectivity index (χ3v) is 7.40. The molecule has 0 aromatic carbocycles. The molecule has 2 atom stereocenters. The fourth-order valence-electron chi connectivity index (χ4n) is 3.90. The maximum Gasteiger partial charge on any atom is 0.341 e. The van der Waals surface area contributed by atoms with Crippen LogP contribution in [0.25, 0.3) is 0 Å².